The van der Waals surface area contributed by atoms with Crippen molar-refractivity contribution in [2.45, 2.75) is 32.6 Å². The van der Waals surface area contributed by atoms with Crippen LogP contribution in [0.25, 0.3) is 0 Å². The highest BCUT2D eigenvalue weighted by Gasteiger charge is 2.49. The first-order valence-electron chi connectivity index (χ1n) is 7.92. The van der Waals surface area contributed by atoms with Gasteiger partial charge in [-0.2, -0.15) is 0 Å². The number of nitrogens with one attached hydrogen (secondary N) is 1. The molecule has 1 aliphatic heterocycles. The van der Waals surface area contributed by atoms with Gasteiger partial charge >= 0.3 is 0 Å². The topological polar surface area (TPSA) is 49.4 Å². The zero-order valence-corrected chi connectivity index (χ0v) is 14.4. The van der Waals surface area contributed by atoms with E-state index in [4.69, 9.17) is 0 Å². The zero-order chi connectivity index (χ0) is 15.7. The molecule has 1 saturated heterocycles. The van der Waals surface area contributed by atoms with Gasteiger partial charge in [0.05, 0.1) is 11.8 Å². The van der Waals surface area contributed by atoms with Crippen LogP contribution in [-0.2, 0) is 9.59 Å². The third kappa shape index (κ3) is 3.35. The van der Waals surface area contributed by atoms with Crippen LogP contribution in [0.5, 0.6) is 0 Å². The first kappa shape index (κ1) is 15.5. The number of anilines is 1. The molecule has 1 aliphatic carbocycles. The number of hydrogen-bond acceptors (Lipinski definition) is 2. The Morgan fingerprint density at radius 1 is 1.18 bits per heavy atom. The number of carbonyl (C=O) groups excluding carboxylic acids is 2. The van der Waals surface area contributed by atoms with E-state index >= 15 is 0 Å². The van der Waals surface area contributed by atoms with Gasteiger partial charge in [-0.25, -0.2) is 0 Å². The lowest BCUT2D eigenvalue weighted by molar-refractivity contribution is -0.134. The van der Waals surface area contributed by atoms with E-state index in [1.807, 2.05) is 30.0 Å². The van der Waals surface area contributed by atoms with Crippen LogP contribution in [0.4, 0.5) is 5.69 Å². The summed E-state index contributed by atoms with van der Waals surface area (Å²) in [5, 5.41) is 2.96. The number of piperidine rings is 1. The molecule has 1 aromatic carbocycles. The fourth-order valence-electron chi connectivity index (χ4n) is 3.10. The van der Waals surface area contributed by atoms with Crippen LogP contribution < -0.4 is 5.32 Å². The van der Waals surface area contributed by atoms with Crippen molar-refractivity contribution in [3.8, 4) is 0 Å². The Morgan fingerprint density at radius 2 is 1.91 bits per heavy atom. The number of carbonyl (C=O) groups is 2. The van der Waals surface area contributed by atoms with Crippen LogP contribution in [0.2, 0.25) is 0 Å². The molecular formula is C17H21BrN2O2. The average molecular weight is 365 g/mol. The monoisotopic (exact) mass is 364 g/mol. The zero-order valence-electron chi connectivity index (χ0n) is 12.8. The van der Waals surface area contributed by atoms with E-state index in [9.17, 15) is 9.59 Å². The first-order valence-corrected chi connectivity index (χ1v) is 8.71. The minimum atomic E-state index is -0.155. The second kappa shape index (κ2) is 6.41. The van der Waals surface area contributed by atoms with Crippen molar-refractivity contribution >= 4 is 33.4 Å². The molecule has 1 aromatic rings. The van der Waals surface area contributed by atoms with E-state index in [1.54, 1.807) is 0 Å². The number of amides is 2. The number of rotatable bonds is 3. The Bertz CT molecular complexity index is 596. The van der Waals surface area contributed by atoms with Gasteiger partial charge in [-0.05, 0) is 56.4 Å². The molecule has 1 heterocycles. The van der Waals surface area contributed by atoms with Crippen molar-refractivity contribution in [3.63, 3.8) is 0 Å². The Kier molecular flexibility index (Phi) is 4.52. The lowest BCUT2D eigenvalue weighted by atomic mass is 10.1. The molecule has 3 rings (SSSR count). The summed E-state index contributed by atoms with van der Waals surface area (Å²) in [5.74, 6) is -0.112. The van der Waals surface area contributed by atoms with Crippen LogP contribution in [-0.4, -0.2) is 29.8 Å². The Morgan fingerprint density at radius 3 is 2.59 bits per heavy atom. The molecule has 4 nitrogen and oxygen atoms in total. The van der Waals surface area contributed by atoms with E-state index < -0.39 is 0 Å². The Balaban J connectivity index is 1.57. The SMILES string of the molecule is Cc1cc(Br)ccc1NC(=O)C1CC1C(=O)N1CCCCC1. The summed E-state index contributed by atoms with van der Waals surface area (Å²) < 4.78 is 0.993. The molecule has 1 saturated carbocycles. The van der Waals surface area contributed by atoms with Crippen molar-refractivity contribution < 1.29 is 9.59 Å². The summed E-state index contributed by atoms with van der Waals surface area (Å²) in [6.45, 7) is 3.68. The molecule has 118 valence electrons. The smallest absolute Gasteiger partial charge is 0.228 e. The van der Waals surface area contributed by atoms with E-state index in [-0.39, 0.29) is 23.7 Å². The fourth-order valence-corrected chi connectivity index (χ4v) is 3.57. The lowest BCUT2D eigenvalue weighted by Crippen LogP contribution is -2.37. The summed E-state index contributed by atoms with van der Waals surface area (Å²) in [4.78, 5) is 26.6. The van der Waals surface area contributed by atoms with Gasteiger partial charge in [0.15, 0.2) is 0 Å². The molecule has 0 spiro atoms. The maximum Gasteiger partial charge on any atom is 0.228 e. The van der Waals surface area contributed by atoms with Crippen LogP contribution in [0.3, 0.4) is 0 Å². The third-order valence-electron chi connectivity index (χ3n) is 4.56. The molecule has 0 aromatic heterocycles. The van der Waals surface area contributed by atoms with Gasteiger partial charge in [-0.15, -0.1) is 0 Å². The molecule has 5 heteroatoms. The summed E-state index contributed by atoms with van der Waals surface area (Å²) in [6, 6.07) is 5.77. The number of halogens is 1. The number of benzene rings is 1. The van der Waals surface area contributed by atoms with Crippen LogP contribution in [0, 0.1) is 18.8 Å². The molecular weight excluding hydrogens is 344 g/mol. The Hall–Kier alpha value is -1.36. The number of aryl methyl sites for hydroxylation is 1. The molecule has 2 amide bonds. The number of likely N-dealkylation sites (tertiary alicyclic amines) is 1. The maximum absolute atomic E-state index is 12.4. The maximum atomic E-state index is 12.4. The standard InChI is InChI=1S/C17H21BrN2O2/c1-11-9-12(18)5-6-15(11)19-16(21)13-10-14(13)17(22)20-7-3-2-4-8-20/h5-6,9,13-14H,2-4,7-8,10H2,1H3,(H,19,21). The van der Waals surface area contributed by atoms with E-state index in [1.165, 1.54) is 6.42 Å². The van der Waals surface area contributed by atoms with Crippen molar-refractivity contribution in [1.82, 2.24) is 4.90 Å². The van der Waals surface area contributed by atoms with Gasteiger partial charge in [0.2, 0.25) is 11.8 Å². The molecule has 2 fully saturated rings. The third-order valence-corrected chi connectivity index (χ3v) is 5.05. The highest BCUT2D eigenvalue weighted by molar-refractivity contribution is 9.10. The summed E-state index contributed by atoms with van der Waals surface area (Å²) in [7, 11) is 0. The number of hydrogen-bond donors (Lipinski definition) is 1. The molecule has 1 N–H and O–H groups in total. The molecule has 2 unspecified atom stereocenters. The van der Waals surface area contributed by atoms with Crippen LogP contribution >= 0.6 is 15.9 Å². The van der Waals surface area contributed by atoms with Crippen LogP contribution in [0.15, 0.2) is 22.7 Å². The van der Waals surface area contributed by atoms with E-state index in [0.717, 1.165) is 41.7 Å². The second-order valence-electron chi connectivity index (χ2n) is 6.28. The van der Waals surface area contributed by atoms with Crippen molar-refractivity contribution in [1.29, 1.82) is 0 Å². The van der Waals surface area contributed by atoms with Gasteiger partial charge in [-0.3, -0.25) is 9.59 Å². The highest BCUT2D eigenvalue weighted by atomic mass is 79.9. The molecule has 2 atom stereocenters. The molecule has 0 radical (unpaired) electrons. The van der Waals surface area contributed by atoms with Gasteiger partial charge in [0, 0.05) is 23.2 Å². The Labute approximate surface area is 139 Å². The van der Waals surface area contributed by atoms with E-state index in [2.05, 4.69) is 21.2 Å². The molecule has 2 aliphatic rings. The summed E-state index contributed by atoms with van der Waals surface area (Å²) in [5.41, 5.74) is 1.84. The highest BCUT2D eigenvalue weighted by Crippen LogP contribution is 2.41. The molecule has 22 heavy (non-hydrogen) atoms. The minimum Gasteiger partial charge on any atom is -0.342 e. The van der Waals surface area contributed by atoms with Crippen molar-refractivity contribution in [2.75, 3.05) is 18.4 Å². The van der Waals surface area contributed by atoms with E-state index in [0.29, 0.717) is 6.42 Å². The first-order chi connectivity index (χ1) is 10.6. The van der Waals surface area contributed by atoms with Gasteiger partial charge in [-0.1, -0.05) is 15.9 Å². The summed E-state index contributed by atoms with van der Waals surface area (Å²) >= 11 is 3.41. The average Bonchev–Trinajstić information content (AvgIpc) is 3.31. The van der Waals surface area contributed by atoms with Crippen LogP contribution in [0.1, 0.15) is 31.2 Å². The van der Waals surface area contributed by atoms with Gasteiger partial charge in [0.1, 0.15) is 0 Å². The fraction of sp³-hybridized carbons (Fsp3) is 0.529. The quantitative estimate of drug-likeness (QED) is 0.893. The lowest BCUT2D eigenvalue weighted by Gasteiger charge is -2.26. The minimum absolute atomic E-state index is 0.0271. The number of nitrogens with zero attached hydrogens (tertiary/aromatic N) is 1. The largest absolute Gasteiger partial charge is 0.342 e. The predicted molar refractivity (Wildman–Crippen MR) is 89.5 cm³/mol. The second-order valence-corrected chi connectivity index (χ2v) is 7.20. The van der Waals surface area contributed by atoms with Crippen molar-refractivity contribution in [3.05, 3.63) is 28.2 Å². The molecule has 0 bridgehead atoms. The predicted octanol–water partition coefficient (Wildman–Crippen LogP) is 3.34. The van der Waals surface area contributed by atoms with Gasteiger partial charge < -0.3 is 10.2 Å². The normalized spacial score (nSPS) is 24.0. The van der Waals surface area contributed by atoms with Crippen molar-refractivity contribution in [2.24, 2.45) is 11.8 Å². The summed E-state index contributed by atoms with van der Waals surface area (Å²) in [6.07, 6.45) is 4.08. The van der Waals surface area contributed by atoms with Gasteiger partial charge in [0.25, 0.3) is 0 Å².